The molecule has 1 aliphatic carbocycles. The van der Waals surface area contributed by atoms with E-state index in [9.17, 15) is 14.7 Å². The maximum absolute atomic E-state index is 12.4. The van der Waals surface area contributed by atoms with Crippen molar-refractivity contribution in [3.05, 3.63) is 0 Å². The van der Waals surface area contributed by atoms with Crippen molar-refractivity contribution in [3.8, 4) is 0 Å². The lowest BCUT2D eigenvalue weighted by Crippen LogP contribution is -2.44. The van der Waals surface area contributed by atoms with Crippen LogP contribution in [0.2, 0.25) is 0 Å². The molecule has 1 unspecified atom stereocenters. The number of piperidine rings is 1. The molecule has 0 aromatic heterocycles. The number of amides is 1. The largest absolute Gasteiger partial charge is 0.481 e. The molecule has 1 saturated carbocycles. The van der Waals surface area contributed by atoms with Crippen molar-refractivity contribution < 1.29 is 19.4 Å². The average Bonchev–Trinajstić information content (AvgIpc) is 2.90. The molecular formula is C16H25NO4. The molecule has 3 aliphatic rings. The van der Waals surface area contributed by atoms with Crippen LogP contribution in [0, 0.1) is 23.2 Å². The topological polar surface area (TPSA) is 66.8 Å². The summed E-state index contributed by atoms with van der Waals surface area (Å²) in [5, 5.41) is 9.25. The summed E-state index contributed by atoms with van der Waals surface area (Å²) >= 11 is 0. The molecule has 2 aliphatic heterocycles. The molecule has 5 heteroatoms. The Morgan fingerprint density at radius 2 is 1.81 bits per heavy atom. The van der Waals surface area contributed by atoms with E-state index in [1.54, 1.807) is 0 Å². The van der Waals surface area contributed by atoms with Crippen molar-refractivity contribution in [2.45, 2.75) is 45.6 Å². The fraction of sp³-hybridized carbons (Fsp3) is 0.875. The molecule has 2 heterocycles. The zero-order valence-electron chi connectivity index (χ0n) is 12.9. The van der Waals surface area contributed by atoms with Crippen molar-refractivity contribution in [2.24, 2.45) is 23.2 Å². The first-order chi connectivity index (χ1) is 9.90. The maximum atomic E-state index is 12.4. The van der Waals surface area contributed by atoms with E-state index >= 15 is 0 Å². The first-order valence-electron chi connectivity index (χ1n) is 8.03. The Bertz CT molecular complexity index is 440. The van der Waals surface area contributed by atoms with E-state index in [0.29, 0.717) is 18.9 Å². The Kier molecular flexibility index (Phi) is 3.72. The third-order valence-electron chi connectivity index (χ3n) is 5.58. The minimum atomic E-state index is -0.740. The first kappa shape index (κ1) is 14.8. The highest BCUT2D eigenvalue weighted by Gasteiger charge is 2.52. The van der Waals surface area contributed by atoms with Gasteiger partial charge in [-0.05, 0) is 37.0 Å². The number of carboxylic acid groups (broad SMARTS) is 1. The molecule has 3 fully saturated rings. The second kappa shape index (κ2) is 5.27. The number of likely N-dealkylation sites (tertiary alicyclic amines) is 1. The third kappa shape index (κ3) is 2.80. The van der Waals surface area contributed by atoms with Crippen LogP contribution in [0.25, 0.3) is 0 Å². The van der Waals surface area contributed by atoms with Crippen LogP contribution in [0.5, 0.6) is 0 Å². The second-order valence-corrected chi connectivity index (χ2v) is 7.48. The number of nitrogens with zero attached hydrogens (tertiary/aromatic N) is 1. The van der Waals surface area contributed by atoms with Gasteiger partial charge in [0.1, 0.15) is 0 Å². The summed E-state index contributed by atoms with van der Waals surface area (Å²) in [6.07, 6.45) is 3.20. The molecule has 1 N–H and O–H groups in total. The van der Waals surface area contributed by atoms with Gasteiger partial charge in [0.15, 0.2) is 0 Å². The Hall–Kier alpha value is -1.10. The van der Waals surface area contributed by atoms with Crippen LogP contribution in [0.4, 0.5) is 0 Å². The lowest BCUT2D eigenvalue weighted by atomic mass is 9.84. The van der Waals surface area contributed by atoms with Crippen LogP contribution in [0.1, 0.15) is 39.5 Å². The van der Waals surface area contributed by atoms with Crippen molar-refractivity contribution in [3.63, 3.8) is 0 Å². The Labute approximate surface area is 125 Å². The van der Waals surface area contributed by atoms with Gasteiger partial charge in [-0.1, -0.05) is 13.8 Å². The van der Waals surface area contributed by atoms with E-state index < -0.39 is 5.97 Å². The van der Waals surface area contributed by atoms with E-state index in [1.165, 1.54) is 0 Å². The Morgan fingerprint density at radius 3 is 2.33 bits per heavy atom. The number of rotatable bonds is 3. The molecule has 3 rings (SSSR count). The monoisotopic (exact) mass is 295 g/mol. The SMILES string of the molecule is CC1(C)C[C@@H]1C(=O)N1CCC([C@@H]2OCCC2C(=O)O)CC1. The predicted molar refractivity (Wildman–Crippen MR) is 76.7 cm³/mol. The summed E-state index contributed by atoms with van der Waals surface area (Å²) in [6.45, 7) is 6.35. The minimum Gasteiger partial charge on any atom is -0.481 e. The van der Waals surface area contributed by atoms with Crippen LogP contribution in [-0.4, -0.2) is 47.7 Å². The zero-order chi connectivity index (χ0) is 15.2. The van der Waals surface area contributed by atoms with E-state index in [4.69, 9.17) is 4.74 Å². The minimum absolute atomic E-state index is 0.155. The number of carboxylic acids is 1. The summed E-state index contributed by atoms with van der Waals surface area (Å²) in [5.41, 5.74) is 0.177. The summed E-state index contributed by atoms with van der Waals surface area (Å²) in [7, 11) is 0. The van der Waals surface area contributed by atoms with Crippen LogP contribution < -0.4 is 0 Å². The van der Waals surface area contributed by atoms with Gasteiger partial charge in [0.05, 0.1) is 12.0 Å². The van der Waals surface area contributed by atoms with Crippen LogP contribution >= 0.6 is 0 Å². The standard InChI is InChI=1S/C16H25NO4/c1-16(2)9-12(16)14(18)17-6-3-10(4-7-17)13-11(15(19)20)5-8-21-13/h10-13H,3-9H2,1-2H3,(H,19,20)/t11?,12-,13+/m1/s1. The second-order valence-electron chi connectivity index (χ2n) is 7.48. The summed E-state index contributed by atoms with van der Waals surface area (Å²) in [5.74, 6) is -0.329. The van der Waals surface area contributed by atoms with Crippen LogP contribution in [-0.2, 0) is 14.3 Å². The van der Waals surface area contributed by atoms with Crippen LogP contribution in [0.3, 0.4) is 0 Å². The van der Waals surface area contributed by atoms with Gasteiger partial charge < -0.3 is 14.7 Å². The van der Waals surface area contributed by atoms with Crippen LogP contribution in [0.15, 0.2) is 0 Å². The van der Waals surface area contributed by atoms with Gasteiger partial charge >= 0.3 is 5.97 Å². The first-order valence-corrected chi connectivity index (χ1v) is 8.03. The number of ether oxygens (including phenoxy) is 1. The number of carbonyl (C=O) groups excluding carboxylic acids is 1. The lowest BCUT2D eigenvalue weighted by Gasteiger charge is -2.35. The molecular weight excluding hydrogens is 270 g/mol. The normalized spacial score (nSPS) is 35.7. The van der Waals surface area contributed by atoms with Gasteiger partial charge in [-0.15, -0.1) is 0 Å². The quantitative estimate of drug-likeness (QED) is 0.861. The summed E-state index contributed by atoms with van der Waals surface area (Å²) in [6, 6.07) is 0. The highest BCUT2D eigenvalue weighted by Crippen LogP contribution is 2.52. The molecule has 0 aromatic rings. The number of hydrogen-bond acceptors (Lipinski definition) is 3. The Morgan fingerprint density at radius 1 is 1.19 bits per heavy atom. The fourth-order valence-electron chi connectivity index (χ4n) is 3.90. The van der Waals surface area contributed by atoms with E-state index in [-0.39, 0.29) is 29.3 Å². The fourth-order valence-corrected chi connectivity index (χ4v) is 3.90. The molecule has 5 nitrogen and oxygen atoms in total. The lowest BCUT2D eigenvalue weighted by molar-refractivity contribution is -0.146. The summed E-state index contributed by atoms with van der Waals surface area (Å²) < 4.78 is 5.67. The molecule has 2 saturated heterocycles. The van der Waals surface area contributed by atoms with Crippen molar-refractivity contribution in [2.75, 3.05) is 19.7 Å². The zero-order valence-corrected chi connectivity index (χ0v) is 12.9. The highest BCUT2D eigenvalue weighted by atomic mass is 16.5. The molecule has 1 amide bonds. The van der Waals surface area contributed by atoms with Gasteiger partial charge in [0.25, 0.3) is 0 Å². The third-order valence-corrected chi connectivity index (χ3v) is 5.58. The smallest absolute Gasteiger partial charge is 0.309 e. The van der Waals surface area contributed by atoms with Gasteiger partial charge in [0.2, 0.25) is 5.91 Å². The average molecular weight is 295 g/mol. The molecule has 21 heavy (non-hydrogen) atoms. The number of carbonyl (C=O) groups is 2. The Balaban J connectivity index is 1.53. The molecule has 0 aromatic carbocycles. The van der Waals surface area contributed by atoms with E-state index in [1.807, 2.05) is 4.90 Å². The molecule has 0 bridgehead atoms. The summed E-state index contributed by atoms with van der Waals surface area (Å²) in [4.78, 5) is 25.6. The van der Waals surface area contributed by atoms with Gasteiger partial charge in [0, 0.05) is 25.6 Å². The predicted octanol–water partition coefficient (Wildman–Crippen LogP) is 1.76. The van der Waals surface area contributed by atoms with Crippen molar-refractivity contribution in [1.82, 2.24) is 4.90 Å². The maximum Gasteiger partial charge on any atom is 0.309 e. The highest BCUT2D eigenvalue weighted by molar-refractivity contribution is 5.82. The van der Waals surface area contributed by atoms with Gasteiger partial charge in [-0.3, -0.25) is 9.59 Å². The number of hydrogen-bond donors (Lipinski definition) is 1. The molecule has 0 spiro atoms. The molecule has 0 radical (unpaired) electrons. The van der Waals surface area contributed by atoms with E-state index in [2.05, 4.69) is 13.8 Å². The van der Waals surface area contributed by atoms with Crippen molar-refractivity contribution >= 4 is 11.9 Å². The van der Waals surface area contributed by atoms with Gasteiger partial charge in [-0.25, -0.2) is 0 Å². The van der Waals surface area contributed by atoms with E-state index in [0.717, 1.165) is 32.4 Å². The van der Waals surface area contributed by atoms with Gasteiger partial charge in [-0.2, -0.15) is 0 Å². The van der Waals surface area contributed by atoms with Crippen molar-refractivity contribution in [1.29, 1.82) is 0 Å². The number of aliphatic carboxylic acids is 1. The molecule has 118 valence electrons. The molecule has 3 atom stereocenters.